The standard InChI is InChI=1S/C23H22F3N7OS/c1-13-27-5-7-32(13)10-15-8-17(19-11-31(3)30-21(19)23(24,25)26)16-4-6-33(22(34)18(16)9-15)12-20-29-28-14(2)35-20/h5,7-9,11H,4,6,10,12H2,1-3H3. The normalized spacial score (nSPS) is 14.0. The minimum Gasteiger partial charge on any atom is -0.331 e. The molecule has 0 atom stereocenters. The van der Waals surface area contributed by atoms with Gasteiger partial charge >= 0.3 is 6.18 Å². The Morgan fingerprint density at radius 1 is 1.09 bits per heavy atom. The lowest BCUT2D eigenvalue weighted by Crippen LogP contribution is -2.37. The zero-order valence-corrected chi connectivity index (χ0v) is 20.1. The Hall–Kier alpha value is -3.54. The van der Waals surface area contributed by atoms with Crippen LogP contribution in [0.5, 0.6) is 0 Å². The SMILES string of the molecule is Cc1nnc(CN2CCc3c(cc(Cn4ccnc4C)cc3-c3cn(C)nc3C(F)(F)F)C2=O)s1. The van der Waals surface area contributed by atoms with E-state index in [9.17, 15) is 18.0 Å². The van der Waals surface area contributed by atoms with Gasteiger partial charge in [-0.15, -0.1) is 10.2 Å². The maximum absolute atomic E-state index is 13.8. The fourth-order valence-electron chi connectivity index (χ4n) is 4.42. The first-order valence-corrected chi connectivity index (χ1v) is 11.7. The topological polar surface area (TPSA) is 81.7 Å². The number of amides is 1. The van der Waals surface area contributed by atoms with E-state index in [1.54, 1.807) is 29.4 Å². The molecule has 12 heteroatoms. The van der Waals surface area contributed by atoms with Crippen molar-refractivity contribution in [3.05, 3.63) is 68.9 Å². The van der Waals surface area contributed by atoms with Crippen molar-refractivity contribution in [1.29, 1.82) is 0 Å². The van der Waals surface area contributed by atoms with Gasteiger partial charge in [-0.05, 0) is 49.1 Å². The van der Waals surface area contributed by atoms with Crippen molar-refractivity contribution >= 4 is 17.2 Å². The molecule has 1 aliphatic heterocycles. The first-order valence-electron chi connectivity index (χ1n) is 10.9. The van der Waals surface area contributed by atoms with Crippen LogP contribution in [-0.2, 0) is 32.7 Å². The molecule has 0 aliphatic carbocycles. The molecule has 0 unspecified atom stereocenters. The number of alkyl halides is 3. The van der Waals surface area contributed by atoms with Crippen LogP contribution in [0.15, 0.2) is 30.7 Å². The van der Waals surface area contributed by atoms with Gasteiger partial charge in [0.1, 0.15) is 15.8 Å². The van der Waals surface area contributed by atoms with E-state index in [4.69, 9.17) is 0 Å². The second kappa shape index (κ2) is 8.59. The molecule has 0 saturated heterocycles. The van der Waals surface area contributed by atoms with Gasteiger partial charge in [-0.2, -0.15) is 18.3 Å². The number of rotatable bonds is 5. The molecular weight excluding hydrogens is 479 g/mol. The second-order valence-corrected chi connectivity index (χ2v) is 9.79. The van der Waals surface area contributed by atoms with Gasteiger partial charge in [-0.3, -0.25) is 9.48 Å². The molecule has 0 radical (unpaired) electrons. The first-order chi connectivity index (χ1) is 16.6. The van der Waals surface area contributed by atoms with Crippen molar-refractivity contribution in [3.8, 4) is 11.1 Å². The van der Waals surface area contributed by atoms with E-state index in [1.807, 2.05) is 18.4 Å². The summed E-state index contributed by atoms with van der Waals surface area (Å²) in [6.07, 6.45) is 0.622. The maximum Gasteiger partial charge on any atom is 0.435 e. The molecule has 1 aliphatic rings. The van der Waals surface area contributed by atoms with Crippen LogP contribution in [-0.4, -0.2) is 46.9 Å². The van der Waals surface area contributed by atoms with Gasteiger partial charge in [0.25, 0.3) is 5.91 Å². The van der Waals surface area contributed by atoms with Crippen molar-refractivity contribution < 1.29 is 18.0 Å². The Labute approximate surface area is 203 Å². The molecule has 1 amide bonds. The van der Waals surface area contributed by atoms with Crippen molar-refractivity contribution in [3.63, 3.8) is 0 Å². The highest BCUT2D eigenvalue weighted by Crippen LogP contribution is 2.40. The number of fused-ring (bicyclic) bond motifs is 1. The Kier molecular flexibility index (Phi) is 5.70. The predicted octanol–water partition coefficient (Wildman–Crippen LogP) is 4.02. The summed E-state index contributed by atoms with van der Waals surface area (Å²) in [7, 11) is 1.46. The highest BCUT2D eigenvalue weighted by Gasteiger charge is 2.39. The lowest BCUT2D eigenvalue weighted by molar-refractivity contribution is -0.140. The molecule has 35 heavy (non-hydrogen) atoms. The van der Waals surface area contributed by atoms with Crippen LogP contribution >= 0.6 is 11.3 Å². The summed E-state index contributed by atoms with van der Waals surface area (Å²) in [6.45, 7) is 4.75. The second-order valence-electron chi connectivity index (χ2n) is 8.53. The number of carbonyl (C=O) groups excluding carboxylic acids is 1. The average molecular weight is 502 g/mol. The van der Waals surface area contributed by atoms with Gasteiger partial charge in [-0.25, -0.2) is 4.98 Å². The summed E-state index contributed by atoms with van der Waals surface area (Å²) in [5.41, 5.74) is 1.11. The Morgan fingerprint density at radius 2 is 1.86 bits per heavy atom. The molecule has 0 spiro atoms. The highest BCUT2D eigenvalue weighted by molar-refractivity contribution is 7.11. The quantitative estimate of drug-likeness (QED) is 0.413. The molecule has 4 aromatic rings. The van der Waals surface area contributed by atoms with E-state index < -0.39 is 11.9 Å². The van der Waals surface area contributed by atoms with E-state index in [0.29, 0.717) is 48.3 Å². The van der Waals surface area contributed by atoms with Crippen LogP contribution < -0.4 is 0 Å². The third-order valence-electron chi connectivity index (χ3n) is 6.02. The number of hydrogen-bond acceptors (Lipinski definition) is 6. The number of halogens is 3. The van der Waals surface area contributed by atoms with E-state index >= 15 is 0 Å². The summed E-state index contributed by atoms with van der Waals surface area (Å²) in [4.78, 5) is 19.4. The van der Waals surface area contributed by atoms with E-state index in [-0.39, 0.29) is 11.5 Å². The number of aromatic nitrogens is 6. The van der Waals surface area contributed by atoms with Crippen LogP contribution in [0.1, 0.15) is 43.0 Å². The maximum atomic E-state index is 13.8. The highest BCUT2D eigenvalue weighted by atomic mass is 32.1. The molecule has 0 N–H and O–H groups in total. The number of hydrogen-bond donors (Lipinski definition) is 0. The summed E-state index contributed by atoms with van der Waals surface area (Å²) in [5, 5.41) is 13.3. The third kappa shape index (κ3) is 4.45. The lowest BCUT2D eigenvalue weighted by Gasteiger charge is -2.30. The number of benzene rings is 1. The van der Waals surface area contributed by atoms with Crippen molar-refractivity contribution in [2.75, 3.05) is 6.54 Å². The van der Waals surface area contributed by atoms with Gasteiger partial charge in [0, 0.05) is 49.9 Å². The number of carbonyl (C=O) groups is 1. The zero-order valence-electron chi connectivity index (χ0n) is 19.3. The molecule has 0 fully saturated rings. The smallest absolute Gasteiger partial charge is 0.331 e. The lowest BCUT2D eigenvalue weighted by atomic mass is 9.88. The summed E-state index contributed by atoms with van der Waals surface area (Å²) < 4.78 is 44.6. The molecule has 5 rings (SSSR count). The number of nitrogens with zero attached hydrogens (tertiary/aromatic N) is 7. The van der Waals surface area contributed by atoms with E-state index in [1.165, 1.54) is 24.6 Å². The number of aryl methyl sites for hydroxylation is 3. The number of imidazole rings is 1. The fourth-order valence-corrected chi connectivity index (χ4v) is 5.14. The van der Waals surface area contributed by atoms with Crippen molar-refractivity contribution in [2.24, 2.45) is 7.05 Å². The summed E-state index contributed by atoms with van der Waals surface area (Å²) in [5.74, 6) is 0.531. The van der Waals surface area contributed by atoms with Crippen molar-refractivity contribution in [2.45, 2.75) is 39.5 Å². The van der Waals surface area contributed by atoms with Crippen LogP contribution in [0.25, 0.3) is 11.1 Å². The fraction of sp³-hybridized carbons (Fsp3) is 0.348. The third-order valence-corrected chi connectivity index (χ3v) is 6.84. The molecule has 4 heterocycles. The van der Waals surface area contributed by atoms with Crippen LogP contribution in [0.2, 0.25) is 0 Å². The zero-order chi connectivity index (χ0) is 24.9. The largest absolute Gasteiger partial charge is 0.435 e. The van der Waals surface area contributed by atoms with Gasteiger partial charge in [0.15, 0.2) is 5.69 Å². The Bertz CT molecular complexity index is 1420. The van der Waals surface area contributed by atoms with Crippen molar-refractivity contribution in [1.82, 2.24) is 34.4 Å². The average Bonchev–Trinajstić information content (AvgIpc) is 3.50. The monoisotopic (exact) mass is 501 g/mol. The van der Waals surface area contributed by atoms with Gasteiger partial charge < -0.3 is 9.47 Å². The molecule has 3 aromatic heterocycles. The van der Waals surface area contributed by atoms with E-state index in [2.05, 4.69) is 20.3 Å². The first kappa shape index (κ1) is 23.2. The Balaban J connectivity index is 1.62. The van der Waals surface area contributed by atoms with Crippen LogP contribution in [0.3, 0.4) is 0 Å². The molecule has 1 aromatic carbocycles. The minimum absolute atomic E-state index is 0.0264. The Morgan fingerprint density at radius 3 is 2.51 bits per heavy atom. The summed E-state index contributed by atoms with van der Waals surface area (Å²) in [6, 6.07) is 3.52. The summed E-state index contributed by atoms with van der Waals surface area (Å²) >= 11 is 1.42. The molecule has 182 valence electrons. The van der Waals surface area contributed by atoms with Gasteiger partial charge in [0.2, 0.25) is 0 Å². The molecular formula is C23H22F3N7OS. The molecule has 8 nitrogen and oxygen atoms in total. The van der Waals surface area contributed by atoms with E-state index in [0.717, 1.165) is 20.5 Å². The van der Waals surface area contributed by atoms with Crippen LogP contribution in [0, 0.1) is 13.8 Å². The predicted molar refractivity (Wildman–Crippen MR) is 123 cm³/mol. The minimum atomic E-state index is -4.62. The molecule has 0 bridgehead atoms. The molecule has 0 saturated carbocycles. The van der Waals surface area contributed by atoms with Gasteiger partial charge in [0.05, 0.1) is 6.54 Å². The van der Waals surface area contributed by atoms with Crippen LogP contribution in [0.4, 0.5) is 13.2 Å². The van der Waals surface area contributed by atoms with Gasteiger partial charge in [-0.1, -0.05) is 11.3 Å².